The Morgan fingerprint density at radius 2 is 2.33 bits per heavy atom. The number of hydrogen-bond acceptors (Lipinski definition) is 4. The number of hydrogen-bond donors (Lipinski definition) is 2. The van der Waals surface area contributed by atoms with Gasteiger partial charge in [0, 0.05) is 6.04 Å². The Balaban J connectivity index is 2.21. The van der Waals surface area contributed by atoms with Crippen molar-refractivity contribution >= 4 is 27.6 Å². The van der Waals surface area contributed by atoms with Crippen molar-refractivity contribution in [1.29, 1.82) is 0 Å². The Bertz CT molecular complexity index is 297. The van der Waals surface area contributed by atoms with Gasteiger partial charge in [0.05, 0.1) is 6.20 Å². The van der Waals surface area contributed by atoms with Crippen LogP contribution in [0.3, 0.4) is 0 Å². The largest absolute Gasteiger partial charge is 0.381 e. The van der Waals surface area contributed by atoms with E-state index >= 15 is 0 Å². The van der Waals surface area contributed by atoms with E-state index < -0.39 is 0 Å². The number of anilines is 2. The zero-order valence-electron chi connectivity index (χ0n) is 6.42. The fourth-order valence-electron chi connectivity index (χ4n) is 0.904. The highest BCUT2D eigenvalue weighted by atomic mass is 79.9. The van der Waals surface area contributed by atoms with Gasteiger partial charge in [0.2, 0.25) is 0 Å². The summed E-state index contributed by atoms with van der Waals surface area (Å²) in [5.41, 5.74) is 5.61. The summed E-state index contributed by atoms with van der Waals surface area (Å²) in [6, 6.07) is 0.552. The molecule has 0 atom stereocenters. The Morgan fingerprint density at radius 3 is 3.00 bits per heavy atom. The molecule has 0 radical (unpaired) electrons. The summed E-state index contributed by atoms with van der Waals surface area (Å²) in [5.74, 6) is 1.15. The van der Waals surface area contributed by atoms with Gasteiger partial charge >= 0.3 is 0 Å². The summed E-state index contributed by atoms with van der Waals surface area (Å²) in [4.78, 5) is 8.14. The molecule has 5 heteroatoms. The highest BCUT2D eigenvalue weighted by Crippen LogP contribution is 2.26. The number of nitrogen functional groups attached to an aromatic ring is 1. The molecule has 1 fully saturated rings. The van der Waals surface area contributed by atoms with Gasteiger partial charge < -0.3 is 11.1 Å². The van der Waals surface area contributed by atoms with E-state index in [1.807, 2.05) is 0 Å². The second-order valence-electron chi connectivity index (χ2n) is 2.85. The number of nitrogens with one attached hydrogen (secondary N) is 1. The number of aromatic nitrogens is 2. The Hall–Kier alpha value is -0.840. The molecule has 1 saturated carbocycles. The summed E-state index contributed by atoms with van der Waals surface area (Å²) in [5, 5.41) is 3.20. The minimum Gasteiger partial charge on any atom is -0.381 e. The summed E-state index contributed by atoms with van der Waals surface area (Å²) in [7, 11) is 0. The van der Waals surface area contributed by atoms with Crippen LogP contribution < -0.4 is 11.1 Å². The van der Waals surface area contributed by atoms with E-state index in [-0.39, 0.29) is 0 Å². The first-order valence-electron chi connectivity index (χ1n) is 3.80. The molecule has 1 aromatic rings. The third-order valence-electron chi connectivity index (χ3n) is 1.69. The lowest BCUT2D eigenvalue weighted by molar-refractivity contribution is 1.08. The standard InChI is InChI=1S/C7H9BrN4/c8-5-3-10-6(9)7(12-5)11-4-1-2-4/h3-4H,1-2H2,(H2,9,10)(H,11,12). The molecule has 0 bridgehead atoms. The van der Waals surface area contributed by atoms with Crippen molar-refractivity contribution in [2.75, 3.05) is 11.1 Å². The SMILES string of the molecule is Nc1ncc(Br)nc1NC1CC1. The van der Waals surface area contributed by atoms with Crippen molar-refractivity contribution in [3.63, 3.8) is 0 Å². The minimum absolute atomic E-state index is 0.463. The highest BCUT2D eigenvalue weighted by molar-refractivity contribution is 9.10. The van der Waals surface area contributed by atoms with E-state index in [2.05, 4.69) is 31.2 Å². The van der Waals surface area contributed by atoms with Crippen molar-refractivity contribution in [3.05, 3.63) is 10.8 Å². The fourth-order valence-corrected chi connectivity index (χ4v) is 1.18. The predicted molar refractivity (Wildman–Crippen MR) is 50.8 cm³/mol. The molecule has 0 spiro atoms. The van der Waals surface area contributed by atoms with E-state index in [9.17, 15) is 0 Å². The van der Waals surface area contributed by atoms with Gasteiger partial charge in [-0.2, -0.15) is 0 Å². The average Bonchev–Trinajstić information content (AvgIpc) is 2.81. The third-order valence-corrected chi connectivity index (χ3v) is 2.07. The van der Waals surface area contributed by atoms with Gasteiger partial charge in [0.15, 0.2) is 11.6 Å². The van der Waals surface area contributed by atoms with Gasteiger partial charge in [-0.15, -0.1) is 0 Å². The van der Waals surface area contributed by atoms with E-state index in [1.165, 1.54) is 12.8 Å². The maximum Gasteiger partial charge on any atom is 0.170 e. The lowest BCUT2D eigenvalue weighted by Gasteiger charge is -2.05. The topological polar surface area (TPSA) is 63.8 Å². The van der Waals surface area contributed by atoms with Gasteiger partial charge in [0.1, 0.15) is 4.60 Å². The Labute approximate surface area is 78.7 Å². The molecule has 0 aliphatic heterocycles. The number of rotatable bonds is 2. The number of halogens is 1. The molecule has 1 aromatic heterocycles. The van der Waals surface area contributed by atoms with Crippen LogP contribution in [0.15, 0.2) is 10.8 Å². The highest BCUT2D eigenvalue weighted by Gasteiger charge is 2.22. The third kappa shape index (κ3) is 1.66. The van der Waals surface area contributed by atoms with Gasteiger partial charge in [-0.1, -0.05) is 0 Å². The zero-order chi connectivity index (χ0) is 8.55. The van der Waals surface area contributed by atoms with Crippen LogP contribution in [-0.2, 0) is 0 Å². The molecule has 1 aliphatic rings. The first-order valence-corrected chi connectivity index (χ1v) is 4.59. The predicted octanol–water partition coefficient (Wildman–Crippen LogP) is 1.40. The Morgan fingerprint density at radius 1 is 1.58 bits per heavy atom. The lowest BCUT2D eigenvalue weighted by atomic mass is 10.5. The second kappa shape index (κ2) is 2.90. The summed E-state index contributed by atoms with van der Waals surface area (Å²) < 4.78 is 0.708. The molecular formula is C7H9BrN4. The lowest BCUT2D eigenvalue weighted by Crippen LogP contribution is -2.07. The summed E-state index contributed by atoms with van der Waals surface area (Å²) in [6.45, 7) is 0. The fraction of sp³-hybridized carbons (Fsp3) is 0.429. The van der Waals surface area contributed by atoms with E-state index in [0.717, 1.165) is 0 Å². The van der Waals surface area contributed by atoms with Crippen molar-refractivity contribution in [3.8, 4) is 0 Å². The van der Waals surface area contributed by atoms with Gasteiger partial charge in [-0.25, -0.2) is 9.97 Å². The van der Waals surface area contributed by atoms with Crippen LogP contribution in [0.25, 0.3) is 0 Å². The molecule has 2 rings (SSSR count). The van der Waals surface area contributed by atoms with E-state index in [0.29, 0.717) is 22.3 Å². The normalized spacial score (nSPS) is 16.1. The van der Waals surface area contributed by atoms with Crippen LogP contribution in [0, 0.1) is 0 Å². The smallest absolute Gasteiger partial charge is 0.170 e. The van der Waals surface area contributed by atoms with Crippen molar-refractivity contribution in [1.82, 2.24) is 9.97 Å². The van der Waals surface area contributed by atoms with E-state index in [4.69, 9.17) is 5.73 Å². The second-order valence-corrected chi connectivity index (χ2v) is 3.66. The maximum atomic E-state index is 5.61. The molecule has 0 amide bonds. The van der Waals surface area contributed by atoms with Crippen molar-refractivity contribution in [2.24, 2.45) is 0 Å². The minimum atomic E-state index is 0.463. The van der Waals surface area contributed by atoms with Crippen LogP contribution in [0.1, 0.15) is 12.8 Å². The molecular weight excluding hydrogens is 220 g/mol. The maximum absolute atomic E-state index is 5.61. The van der Waals surface area contributed by atoms with Crippen LogP contribution in [-0.4, -0.2) is 16.0 Å². The molecule has 1 heterocycles. The molecule has 0 unspecified atom stereocenters. The van der Waals surface area contributed by atoms with Crippen LogP contribution in [0.5, 0.6) is 0 Å². The number of nitrogens with zero attached hydrogens (tertiary/aromatic N) is 2. The van der Waals surface area contributed by atoms with Crippen LogP contribution in [0.2, 0.25) is 0 Å². The monoisotopic (exact) mass is 228 g/mol. The molecule has 0 aromatic carbocycles. The summed E-state index contributed by atoms with van der Waals surface area (Å²) >= 11 is 3.24. The van der Waals surface area contributed by atoms with Gasteiger partial charge in [-0.05, 0) is 28.8 Å². The zero-order valence-corrected chi connectivity index (χ0v) is 8.00. The Kier molecular flexibility index (Phi) is 1.88. The van der Waals surface area contributed by atoms with Crippen LogP contribution in [0.4, 0.5) is 11.6 Å². The van der Waals surface area contributed by atoms with Gasteiger partial charge in [0.25, 0.3) is 0 Å². The molecule has 64 valence electrons. The molecule has 0 saturated heterocycles. The first-order chi connectivity index (χ1) is 5.75. The van der Waals surface area contributed by atoms with Crippen molar-refractivity contribution in [2.45, 2.75) is 18.9 Å². The molecule has 12 heavy (non-hydrogen) atoms. The average molecular weight is 229 g/mol. The molecule has 4 nitrogen and oxygen atoms in total. The number of nitrogens with two attached hydrogens (primary N) is 1. The molecule has 1 aliphatic carbocycles. The quantitative estimate of drug-likeness (QED) is 0.804. The summed E-state index contributed by atoms with van der Waals surface area (Å²) in [6.07, 6.45) is 3.99. The van der Waals surface area contributed by atoms with Gasteiger partial charge in [-0.3, -0.25) is 0 Å². The van der Waals surface area contributed by atoms with E-state index in [1.54, 1.807) is 6.20 Å². The molecule has 3 N–H and O–H groups in total. The first kappa shape index (κ1) is 7.79. The van der Waals surface area contributed by atoms with Crippen molar-refractivity contribution < 1.29 is 0 Å². The van der Waals surface area contributed by atoms with Crippen LogP contribution >= 0.6 is 15.9 Å².